The molecule has 118 valence electrons. The summed E-state index contributed by atoms with van der Waals surface area (Å²) in [6, 6.07) is 9.89. The molecule has 3 rings (SSSR count). The van der Waals surface area contributed by atoms with E-state index >= 15 is 0 Å². The van der Waals surface area contributed by atoms with Gasteiger partial charge in [0.15, 0.2) is 0 Å². The number of nitrogens with one attached hydrogen (secondary N) is 2. The maximum atomic E-state index is 12.0. The summed E-state index contributed by atoms with van der Waals surface area (Å²) in [7, 11) is 0. The maximum Gasteiger partial charge on any atom is 0.239 e. The Morgan fingerprint density at radius 1 is 1.05 bits per heavy atom. The van der Waals surface area contributed by atoms with Crippen LogP contribution in [0.15, 0.2) is 30.3 Å². The topological polar surface area (TPSA) is 61.4 Å². The van der Waals surface area contributed by atoms with E-state index in [0.717, 1.165) is 44.5 Å². The van der Waals surface area contributed by atoms with Gasteiger partial charge in [0.1, 0.15) is 0 Å². The van der Waals surface area contributed by atoms with E-state index in [0.29, 0.717) is 11.8 Å². The second-order valence-electron chi connectivity index (χ2n) is 6.16. The first-order chi connectivity index (χ1) is 10.7. The molecule has 1 aliphatic heterocycles. The number of rotatable bonds is 5. The van der Waals surface area contributed by atoms with E-state index in [9.17, 15) is 9.59 Å². The second-order valence-corrected chi connectivity index (χ2v) is 6.16. The number of nitrogens with zero attached hydrogens (tertiary/aromatic N) is 1. The first-order valence-electron chi connectivity index (χ1n) is 8.09. The van der Waals surface area contributed by atoms with E-state index in [2.05, 4.69) is 10.6 Å². The van der Waals surface area contributed by atoms with Crippen LogP contribution in [0, 0.1) is 5.92 Å². The van der Waals surface area contributed by atoms with Gasteiger partial charge < -0.3 is 15.5 Å². The molecule has 0 radical (unpaired) electrons. The number of anilines is 1. The fourth-order valence-corrected chi connectivity index (χ4v) is 2.85. The summed E-state index contributed by atoms with van der Waals surface area (Å²) in [5.41, 5.74) is 0.947. The standard InChI is InChI=1S/C17H23N3O2/c21-16(12-18-14-4-2-1-3-5-14)19-15-8-10-20(11-9-15)17(22)13-6-7-13/h1-5,13,15,18H,6-12H2,(H,19,21). The number of piperidine rings is 1. The molecule has 5 nitrogen and oxygen atoms in total. The lowest BCUT2D eigenvalue weighted by Crippen LogP contribution is -2.48. The summed E-state index contributed by atoms with van der Waals surface area (Å²) in [4.78, 5) is 25.9. The van der Waals surface area contributed by atoms with E-state index in [1.807, 2.05) is 35.2 Å². The van der Waals surface area contributed by atoms with E-state index in [1.54, 1.807) is 0 Å². The number of hydrogen-bond acceptors (Lipinski definition) is 3. The minimum atomic E-state index is 0.0100. The van der Waals surface area contributed by atoms with Gasteiger partial charge in [-0.3, -0.25) is 9.59 Å². The van der Waals surface area contributed by atoms with Gasteiger partial charge >= 0.3 is 0 Å². The molecule has 1 saturated heterocycles. The molecule has 0 unspecified atom stereocenters. The maximum absolute atomic E-state index is 12.0. The summed E-state index contributed by atoms with van der Waals surface area (Å²) >= 11 is 0. The Morgan fingerprint density at radius 2 is 1.73 bits per heavy atom. The van der Waals surface area contributed by atoms with E-state index in [4.69, 9.17) is 0 Å². The van der Waals surface area contributed by atoms with Crippen LogP contribution in [0.5, 0.6) is 0 Å². The van der Waals surface area contributed by atoms with Crippen molar-refractivity contribution in [3.63, 3.8) is 0 Å². The molecule has 1 aromatic carbocycles. The minimum Gasteiger partial charge on any atom is -0.376 e. The Morgan fingerprint density at radius 3 is 2.36 bits per heavy atom. The van der Waals surface area contributed by atoms with E-state index in [-0.39, 0.29) is 18.5 Å². The van der Waals surface area contributed by atoms with Gasteiger partial charge in [-0.2, -0.15) is 0 Å². The summed E-state index contributed by atoms with van der Waals surface area (Å²) in [5, 5.41) is 6.16. The normalized spacial score (nSPS) is 18.8. The predicted octanol–water partition coefficient (Wildman–Crippen LogP) is 1.62. The number of likely N-dealkylation sites (tertiary alicyclic amines) is 1. The Hall–Kier alpha value is -2.04. The zero-order valence-electron chi connectivity index (χ0n) is 12.8. The highest BCUT2D eigenvalue weighted by Gasteiger charge is 2.34. The van der Waals surface area contributed by atoms with Crippen LogP contribution < -0.4 is 10.6 Å². The van der Waals surface area contributed by atoms with Crippen molar-refractivity contribution in [2.45, 2.75) is 31.7 Å². The first-order valence-corrected chi connectivity index (χ1v) is 8.09. The van der Waals surface area contributed by atoms with Crippen molar-refractivity contribution < 1.29 is 9.59 Å². The molecule has 2 amide bonds. The number of benzene rings is 1. The fourth-order valence-electron chi connectivity index (χ4n) is 2.85. The summed E-state index contributed by atoms with van der Waals surface area (Å²) in [5.74, 6) is 0.618. The molecule has 1 aliphatic carbocycles. The zero-order valence-corrected chi connectivity index (χ0v) is 12.8. The van der Waals surface area contributed by atoms with Crippen molar-refractivity contribution >= 4 is 17.5 Å². The molecule has 22 heavy (non-hydrogen) atoms. The third kappa shape index (κ3) is 4.00. The minimum absolute atomic E-state index is 0.0100. The van der Waals surface area contributed by atoms with Crippen LogP contribution in [-0.2, 0) is 9.59 Å². The molecule has 2 N–H and O–H groups in total. The van der Waals surface area contributed by atoms with Crippen LogP contribution in [0.4, 0.5) is 5.69 Å². The number of hydrogen-bond donors (Lipinski definition) is 2. The lowest BCUT2D eigenvalue weighted by atomic mass is 10.0. The van der Waals surface area contributed by atoms with Gasteiger partial charge in [-0.15, -0.1) is 0 Å². The molecule has 1 aromatic rings. The lowest BCUT2D eigenvalue weighted by molar-refractivity contribution is -0.133. The molecule has 2 fully saturated rings. The van der Waals surface area contributed by atoms with Gasteiger partial charge in [0.2, 0.25) is 11.8 Å². The van der Waals surface area contributed by atoms with E-state index < -0.39 is 0 Å². The quantitative estimate of drug-likeness (QED) is 0.868. The third-order valence-corrected chi connectivity index (χ3v) is 4.33. The van der Waals surface area contributed by atoms with Crippen molar-refractivity contribution in [1.82, 2.24) is 10.2 Å². The van der Waals surface area contributed by atoms with Gasteiger partial charge in [0, 0.05) is 30.7 Å². The van der Waals surface area contributed by atoms with Gasteiger partial charge in [-0.1, -0.05) is 18.2 Å². The van der Waals surface area contributed by atoms with Crippen molar-refractivity contribution in [2.75, 3.05) is 25.0 Å². The summed E-state index contributed by atoms with van der Waals surface area (Å²) < 4.78 is 0. The molecular weight excluding hydrogens is 278 g/mol. The molecule has 5 heteroatoms. The lowest BCUT2D eigenvalue weighted by Gasteiger charge is -2.32. The van der Waals surface area contributed by atoms with Crippen LogP contribution >= 0.6 is 0 Å². The Labute approximate surface area is 131 Å². The molecule has 1 saturated carbocycles. The van der Waals surface area contributed by atoms with Crippen LogP contribution in [0.25, 0.3) is 0 Å². The largest absolute Gasteiger partial charge is 0.376 e. The molecule has 0 atom stereocenters. The van der Waals surface area contributed by atoms with Gasteiger partial charge in [-0.05, 0) is 37.8 Å². The van der Waals surface area contributed by atoms with Crippen LogP contribution in [-0.4, -0.2) is 42.4 Å². The van der Waals surface area contributed by atoms with Crippen molar-refractivity contribution in [3.05, 3.63) is 30.3 Å². The average Bonchev–Trinajstić information content (AvgIpc) is 3.39. The molecule has 2 aliphatic rings. The predicted molar refractivity (Wildman–Crippen MR) is 85.4 cm³/mol. The number of carbonyl (C=O) groups is 2. The zero-order chi connectivity index (χ0) is 15.4. The number of para-hydroxylation sites is 1. The monoisotopic (exact) mass is 301 g/mol. The highest BCUT2D eigenvalue weighted by Crippen LogP contribution is 2.31. The van der Waals surface area contributed by atoms with Gasteiger partial charge in [-0.25, -0.2) is 0 Å². The van der Waals surface area contributed by atoms with Crippen LogP contribution in [0.1, 0.15) is 25.7 Å². The van der Waals surface area contributed by atoms with Gasteiger partial charge in [0.25, 0.3) is 0 Å². The first kappa shape index (κ1) is 14.9. The SMILES string of the molecule is O=C(CNc1ccccc1)NC1CCN(C(=O)C2CC2)CC1. The highest BCUT2D eigenvalue weighted by molar-refractivity contribution is 5.82. The van der Waals surface area contributed by atoms with Crippen LogP contribution in [0.2, 0.25) is 0 Å². The van der Waals surface area contributed by atoms with E-state index in [1.165, 1.54) is 0 Å². The third-order valence-electron chi connectivity index (χ3n) is 4.33. The molecule has 0 bridgehead atoms. The average molecular weight is 301 g/mol. The smallest absolute Gasteiger partial charge is 0.239 e. The van der Waals surface area contributed by atoms with Crippen molar-refractivity contribution in [2.24, 2.45) is 5.92 Å². The molecule has 1 heterocycles. The van der Waals surface area contributed by atoms with Crippen molar-refractivity contribution in [1.29, 1.82) is 0 Å². The second kappa shape index (κ2) is 6.81. The Kier molecular flexibility index (Phi) is 4.61. The van der Waals surface area contributed by atoms with Crippen LogP contribution in [0.3, 0.4) is 0 Å². The van der Waals surface area contributed by atoms with Gasteiger partial charge in [0.05, 0.1) is 6.54 Å². The molecule has 0 aromatic heterocycles. The number of carbonyl (C=O) groups excluding carboxylic acids is 2. The molecular formula is C17H23N3O2. The highest BCUT2D eigenvalue weighted by atomic mass is 16.2. The fraction of sp³-hybridized carbons (Fsp3) is 0.529. The molecule has 0 spiro atoms. The Balaban J connectivity index is 1.37. The Bertz CT molecular complexity index is 520. The van der Waals surface area contributed by atoms with Crippen molar-refractivity contribution in [3.8, 4) is 0 Å². The number of amides is 2. The summed E-state index contributed by atoms with van der Waals surface area (Å²) in [6.07, 6.45) is 3.83. The summed E-state index contributed by atoms with van der Waals surface area (Å²) in [6.45, 7) is 1.82.